The summed E-state index contributed by atoms with van der Waals surface area (Å²) in [6, 6.07) is 22.6. The van der Waals surface area contributed by atoms with E-state index in [0.717, 1.165) is 10.9 Å². The monoisotopic (exact) mass is 398 g/mol. The van der Waals surface area contributed by atoms with Gasteiger partial charge in [-0.1, -0.05) is 36.4 Å². The highest BCUT2D eigenvalue weighted by Gasteiger charge is 2.13. The molecule has 1 heterocycles. The first kappa shape index (κ1) is 18.9. The number of H-pyrrole nitrogens is 1. The average Bonchev–Trinajstić information content (AvgIpc) is 3.22. The topological polar surface area (TPSA) is 103 Å². The molecule has 0 spiro atoms. The molecule has 4 rings (SSSR count). The zero-order chi connectivity index (χ0) is 20.9. The van der Waals surface area contributed by atoms with E-state index in [1.54, 1.807) is 54.7 Å². The van der Waals surface area contributed by atoms with Crippen molar-refractivity contribution >= 4 is 34.3 Å². The summed E-state index contributed by atoms with van der Waals surface area (Å²) < 4.78 is 0. The van der Waals surface area contributed by atoms with Gasteiger partial charge in [0.15, 0.2) is 0 Å². The molecular formula is C23H18N4O3. The Morgan fingerprint density at radius 2 is 1.27 bits per heavy atom. The third-order valence-electron chi connectivity index (χ3n) is 4.56. The maximum absolute atomic E-state index is 12.4. The van der Waals surface area contributed by atoms with E-state index in [0.29, 0.717) is 22.4 Å². The fourth-order valence-electron chi connectivity index (χ4n) is 3.01. The average molecular weight is 398 g/mol. The molecule has 0 bridgehead atoms. The highest BCUT2D eigenvalue weighted by molar-refractivity contribution is 6.08. The predicted octanol–water partition coefficient (Wildman–Crippen LogP) is 3.50. The lowest BCUT2D eigenvalue weighted by molar-refractivity contribution is 0.0847. The Hall–Kier alpha value is -4.39. The molecule has 3 amide bonds. The lowest BCUT2D eigenvalue weighted by Crippen LogP contribution is -2.41. The Bertz CT molecular complexity index is 1210. The molecule has 0 fully saturated rings. The molecule has 0 saturated heterocycles. The minimum atomic E-state index is -0.468. The Morgan fingerprint density at radius 3 is 2.03 bits per heavy atom. The van der Waals surface area contributed by atoms with E-state index >= 15 is 0 Å². The Morgan fingerprint density at radius 1 is 0.633 bits per heavy atom. The molecule has 3 aromatic carbocycles. The number of carbonyl (C=O) groups excluding carboxylic acids is 3. The third-order valence-corrected chi connectivity index (χ3v) is 4.56. The third kappa shape index (κ3) is 4.05. The number of hydrogen-bond donors (Lipinski definition) is 4. The molecule has 148 valence electrons. The summed E-state index contributed by atoms with van der Waals surface area (Å²) in [5, 5.41) is 3.53. The number of benzene rings is 3. The first-order valence-electron chi connectivity index (χ1n) is 9.25. The number of nitrogens with one attached hydrogen (secondary N) is 4. The van der Waals surface area contributed by atoms with Gasteiger partial charge in [-0.05, 0) is 42.5 Å². The van der Waals surface area contributed by atoms with Crippen molar-refractivity contribution in [3.8, 4) is 0 Å². The number of aromatic amines is 1. The van der Waals surface area contributed by atoms with Crippen molar-refractivity contribution in [2.45, 2.75) is 0 Å². The van der Waals surface area contributed by atoms with E-state index in [-0.39, 0.29) is 5.91 Å². The fraction of sp³-hybridized carbons (Fsp3) is 0. The number of fused-ring (bicyclic) bond motifs is 1. The van der Waals surface area contributed by atoms with Crippen LogP contribution in [0.1, 0.15) is 31.1 Å². The van der Waals surface area contributed by atoms with Crippen molar-refractivity contribution in [2.24, 2.45) is 0 Å². The summed E-state index contributed by atoms with van der Waals surface area (Å²) in [6.07, 6.45) is 1.59. The molecule has 4 aromatic rings. The Kier molecular flexibility index (Phi) is 5.25. The van der Waals surface area contributed by atoms with E-state index in [1.165, 1.54) is 0 Å². The molecule has 4 N–H and O–H groups in total. The van der Waals surface area contributed by atoms with E-state index in [2.05, 4.69) is 21.2 Å². The molecule has 7 heteroatoms. The minimum Gasteiger partial charge on any atom is -0.360 e. The van der Waals surface area contributed by atoms with Crippen molar-refractivity contribution in [3.63, 3.8) is 0 Å². The van der Waals surface area contributed by atoms with Gasteiger partial charge in [-0.25, -0.2) is 0 Å². The van der Waals surface area contributed by atoms with E-state index in [1.807, 2.05) is 30.3 Å². The van der Waals surface area contributed by atoms with Gasteiger partial charge in [0.1, 0.15) is 0 Å². The molecule has 1 aromatic heterocycles. The van der Waals surface area contributed by atoms with Gasteiger partial charge in [0.2, 0.25) is 0 Å². The summed E-state index contributed by atoms with van der Waals surface area (Å²) in [5.74, 6) is -1.13. The second-order valence-corrected chi connectivity index (χ2v) is 6.55. The van der Waals surface area contributed by atoms with E-state index in [4.69, 9.17) is 0 Å². The van der Waals surface area contributed by atoms with Crippen LogP contribution in [0.25, 0.3) is 10.9 Å². The summed E-state index contributed by atoms with van der Waals surface area (Å²) in [4.78, 5) is 39.9. The van der Waals surface area contributed by atoms with Crippen molar-refractivity contribution in [1.82, 2.24) is 15.8 Å². The van der Waals surface area contributed by atoms with Crippen LogP contribution >= 0.6 is 0 Å². The number of anilines is 1. The number of amides is 3. The van der Waals surface area contributed by atoms with Crippen LogP contribution < -0.4 is 16.2 Å². The van der Waals surface area contributed by atoms with Crippen LogP contribution in [0.2, 0.25) is 0 Å². The van der Waals surface area contributed by atoms with Crippen LogP contribution in [-0.2, 0) is 0 Å². The molecule has 0 saturated carbocycles. The summed E-state index contributed by atoms with van der Waals surface area (Å²) >= 11 is 0. The molecule has 30 heavy (non-hydrogen) atoms. The first-order valence-corrected chi connectivity index (χ1v) is 9.25. The Labute approximate surface area is 172 Å². The zero-order valence-electron chi connectivity index (χ0n) is 15.8. The van der Waals surface area contributed by atoms with Gasteiger partial charge >= 0.3 is 0 Å². The molecular weight excluding hydrogens is 380 g/mol. The smallest absolute Gasteiger partial charge is 0.271 e. The number of rotatable bonds is 4. The second-order valence-electron chi connectivity index (χ2n) is 6.55. The number of hydrogen-bond acceptors (Lipinski definition) is 3. The molecule has 0 unspecified atom stereocenters. The fourth-order valence-corrected chi connectivity index (χ4v) is 3.01. The number of aromatic nitrogens is 1. The van der Waals surface area contributed by atoms with Crippen LogP contribution in [0.5, 0.6) is 0 Å². The number of carbonyl (C=O) groups is 3. The minimum absolute atomic E-state index is 0.237. The Balaban J connectivity index is 1.36. The first-order chi connectivity index (χ1) is 14.6. The SMILES string of the molecule is O=C(NNC(=O)c1c[nH]c2ccccc12)c1ccc(NC(=O)c2ccccc2)cc1. The van der Waals surface area contributed by atoms with Gasteiger partial charge in [0.25, 0.3) is 17.7 Å². The second kappa shape index (κ2) is 8.32. The van der Waals surface area contributed by atoms with E-state index < -0.39 is 11.8 Å². The predicted molar refractivity (Wildman–Crippen MR) is 114 cm³/mol. The molecule has 0 aliphatic heterocycles. The molecule has 0 aliphatic carbocycles. The van der Waals surface area contributed by atoms with Crippen LogP contribution in [0.3, 0.4) is 0 Å². The van der Waals surface area contributed by atoms with Crippen LogP contribution in [0, 0.1) is 0 Å². The zero-order valence-corrected chi connectivity index (χ0v) is 15.8. The summed E-state index contributed by atoms with van der Waals surface area (Å²) in [7, 11) is 0. The summed E-state index contributed by atoms with van der Waals surface area (Å²) in [6.45, 7) is 0. The van der Waals surface area contributed by atoms with Gasteiger partial charge < -0.3 is 10.3 Å². The van der Waals surface area contributed by atoms with Gasteiger partial charge in [-0.2, -0.15) is 0 Å². The lowest BCUT2D eigenvalue weighted by Gasteiger charge is -2.08. The molecule has 0 aliphatic rings. The van der Waals surface area contributed by atoms with Crippen LogP contribution in [0.4, 0.5) is 5.69 Å². The van der Waals surface area contributed by atoms with Crippen molar-refractivity contribution in [3.05, 3.63) is 102 Å². The molecule has 7 nitrogen and oxygen atoms in total. The summed E-state index contributed by atoms with van der Waals surface area (Å²) in [5.41, 5.74) is 7.52. The normalized spacial score (nSPS) is 10.4. The lowest BCUT2D eigenvalue weighted by atomic mass is 10.1. The number of para-hydroxylation sites is 1. The highest BCUT2D eigenvalue weighted by atomic mass is 16.2. The molecule has 0 atom stereocenters. The van der Waals surface area contributed by atoms with Gasteiger partial charge in [-0.15, -0.1) is 0 Å². The highest BCUT2D eigenvalue weighted by Crippen LogP contribution is 2.17. The van der Waals surface area contributed by atoms with Gasteiger partial charge in [0.05, 0.1) is 5.56 Å². The largest absolute Gasteiger partial charge is 0.360 e. The quantitative estimate of drug-likeness (QED) is 0.396. The van der Waals surface area contributed by atoms with Gasteiger partial charge in [0, 0.05) is 33.9 Å². The maximum atomic E-state index is 12.4. The number of hydrazine groups is 1. The van der Waals surface area contributed by atoms with Crippen LogP contribution in [-0.4, -0.2) is 22.7 Å². The maximum Gasteiger partial charge on any atom is 0.271 e. The van der Waals surface area contributed by atoms with Gasteiger partial charge in [-0.3, -0.25) is 25.2 Å². The van der Waals surface area contributed by atoms with Crippen LogP contribution in [0.15, 0.2) is 85.1 Å². The molecule has 0 radical (unpaired) electrons. The standard InChI is InChI=1S/C23H18N4O3/c28-21(15-6-2-1-3-7-15)25-17-12-10-16(11-13-17)22(29)26-27-23(30)19-14-24-20-9-5-4-8-18(19)20/h1-14,24H,(H,25,28)(H,26,29)(H,27,30). The van der Waals surface area contributed by atoms with E-state index in [9.17, 15) is 14.4 Å². The van der Waals surface area contributed by atoms with Crippen molar-refractivity contribution in [2.75, 3.05) is 5.32 Å². The van der Waals surface area contributed by atoms with Crippen molar-refractivity contribution < 1.29 is 14.4 Å². The van der Waals surface area contributed by atoms with Crippen molar-refractivity contribution in [1.29, 1.82) is 0 Å².